The van der Waals surface area contributed by atoms with E-state index in [9.17, 15) is 4.39 Å². The van der Waals surface area contributed by atoms with Crippen molar-refractivity contribution in [1.82, 2.24) is 0 Å². The Kier molecular flexibility index (Phi) is 4.55. The first-order valence-corrected chi connectivity index (χ1v) is 7.22. The fourth-order valence-electron chi connectivity index (χ4n) is 1.58. The number of hydrogen-bond donors (Lipinski definition) is 1. The van der Waals surface area contributed by atoms with Gasteiger partial charge in [0.25, 0.3) is 0 Å². The van der Waals surface area contributed by atoms with Crippen LogP contribution in [0.3, 0.4) is 0 Å². The Labute approximate surface area is 115 Å². The van der Waals surface area contributed by atoms with Gasteiger partial charge in [0.1, 0.15) is 17.3 Å². The van der Waals surface area contributed by atoms with Gasteiger partial charge >= 0.3 is 0 Å². The van der Waals surface area contributed by atoms with E-state index in [1.165, 1.54) is 6.07 Å². The number of para-hydroxylation sites is 1. The molecule has 1 heterocycles. The lowest BCUT2D eigenvalue weighted by atomic mass is 10.3. The second kappa shape index (κ2) is 6.16. The van der Waals surface area contributed by atoms with Gasteiger partial charge in [-0.2, -0.15) is 11.8 Å². The zero-order valence-electron chi connectivity index (χ0n) is 9.87. The maximum Gasteiger partial charge on any atom is 0.147 e. The molecular formula is C13H13ClFNOS. The van der Waals surface area contributed by atoms with Gasteiger partial charge in [-0.15, -0.1) is 0 Å². The van der Waals surface area contributed by atoms with Crippen molar-refractivity contribution in [3.63, 3.8) is 0 Å². The average molecular weight is 286 g/mol. The molecule has 0 amide bonds. The number of hydrogen-bond acceptors (Lipinski definition) is 3. The van der Waals surface area contributed by atoms with E-state index in [0.29, 0.717) is 17.3 Å². The highest BCUT2D eigenvalue weighted by atomic mass is 35.5. The molecule has 1 N–H and O–H groups in total. The molecule has 2 nitrogen and oxygen atoms in total. The van der Waals surface area contributed by atoms with Crippen molar-refractivity contribution >= 4 is 29.1 Å². The van der Waals surface area contributed by atoms with Crippen LogP contribution in [-0.2, 0) is 12.3 Å². The van der Waals surface area contributed by atoms with Gasteiger partial charge in [-0.3, -0.25) is 0 Å². The molecule has 5 heteroatoms. The van der Waals surface area contributed by atoms with E-state index in [1.807, 2.05) is 18.4 Å². The average Bonchev–Trinajstić information content (AvgIpc) is 2.77. The Bertz CT molecular complexity index is 509. The summed E-state index contributed by atoms with van der Waals surface area (Å²) in [6, 6.07) is 8.40. The van der Waals surface area contributed by atoms with Crippen molar-refractivity contribution in [3.8, 4) is 0 Å². The van der Waals surface area contributed by atoms with Crippen molar-refractivity contribution in [3.05, 3.63) is 52.7 Å². The zero-order chi connectivity index (χ0) is 13.0. The van der Waals surface area contributed by atoms with Crippen molar-refractivity contribution in [1.29, 1.82) is 0 Å². The fourth-order valence-corrected chi connectivity index (χ4v) is 2.25. The number of rotatable bonds is 5. The van der Waals surface area contributed by atoms with Crippen molar-refractivity contribution in [2.45, 2.75) is 12.3 Å². The third kappa shape index (κ3) is 3.21. The first kappa shape index (κ1) is 13.3. The van der Waals surface area contributed by atoms with E-state index in [0.717, 1.165) is 17.3 Å². The summed E-state index contributed by atoms with van der Waals surface area (Å²) in [5.41, 5.74) is 0.307. The lowest BCUT2D eigenvalue weighted by Crippen LogP contribution is -2.01. The van der Waals surface area contributed by atoms with E-state index in [1.54, 1.807) is 23.9 Å². The number of nitrogens with one attached hydrogen (secondary N) is 1. The van der Waals surface area contributed by atoms with Gasteiger partial charge in [0.2, 0.25) is 0 Å². The number of thioether (sulfide) groups is 1. The molecule has 0 fully saturated rings. The van der Waals surface area contributed by atoms with E-state index in [2.05, 4.69) is 5.32 Å². The van der Waals surface area contributed by atoms with Crippen molar-refractivity contribution < 1.29 is 8.81 Å². The summed E-state index contributed by atoms with van der Waals surface area (Å²) in [7, 11) is 0. The number of furan rings is 1. The Balaban J connectivity index is 2.02. The Hall–Kier alpha value is -1.13. The van der Waals surface area contributed by atoms with Crippen molar-refractivity contribution in [2.75, 3.05) is 11.6 Å². The van der Waals surface area contributed by atoms with E-state index in [4.69, 9.17) is 16.0 Å². The van der Waals surface area contributed by atoms with Gasteiger partial charge in [0.15, 0.2) is 0 Å². The van der Waals surface area contributed by atoms with Gasteiger partial charge in [-0.25, -0.2) is 4.39 Å². The highest BCUT2D eigenvalue weighted by Crippen LogP contribution is 2.25. The third-order valence-corrected chi connectivity index (χ3v) is 3.29. The van der Waals surface area contributed by atoms with Crippen LogP contribution >= 0.6 is 23.4 Å². The SMILES string of the molecule is CSCc1ccc(CNc2c(F)cccc2Cl)o1. The number of halogens is 2. The van der Waals surface area contributed by atoms with E-state index >= 15 is 0 Å². The number of anilines is 1. The molecule has 0 saturated carbocycles. The summed E-state index contributed by atoms with van der Waals surface area (Å²) < 4.78 is 19.1. The van der Waals surface area contributed by atoms with Crippen LogP contribution in [0, 0.1) is 5.82 Å². The molecule has 0 aliphatic carbocycles. The van der Waals surface area contributed by atoms with Crippen LogP contribution in [0.15, 0.2) is 34.7 Å². The van der Waals surface area contributed by atoms with Crippen molar-refractivity contribution in [2.24, 2.45) is 0 Å². The van der Waals surface area contributed by atoms with Crippen LogP contribution in [0.25, 0.3) is 0 Å². The van der Waals surface area contributed by atoms with Crippen LogP contribution < -0.4 is 5.32 Å². The monoisotopic (exact) mass is 285 g/mol. The van der Waals surface area contributed by atoms with Gasteiger partial charge in [0.05, 0.1) is 23.0 Å². The van der Waals surface area contributed by atoms with Gasteiger partial charge in [-0.05, 0) is 30.5 Å². The second-order valence-corrected chi connectivity index (χ2v) is 5.02. The maximum atomic E-state index is 13.5. The van der Waals surface area contributed by atoms with Crippen LogP contribution in [-0.4, -0.2) is 6.26 Å². The molecule has 1 aromatic heterocycles. The summed E-state index contributed by atoms with van der Waals surface area (Å²) in [6.45, 7) is 0.412. The highest BCUT2D eigenvalue weighted by Gasteiger charge is 2.07. The predicted octanol–water partition coefficient (Wildman–Crippen LogP) is 4.55. The minimum Gasteiger partial charge on any atom is -0.463 e. The van der Waals surface area contributed by atoms with E-state index < -0.39 is 0 Å². The molecule has 18 heavy (non-hydrogen) atoms. The molecule has 96 valence electrons. The van der Waals surface area contributed by atoms with Crippen LogP contribution in [0.5, 0.6) is 0 Å². The summed E-state index contributed by atoms with van der Waals surface area (Å²) in [5, 5.41) is 3.31. The topological polar surface area (TPSA) is 25.2 Å². The summed E-state index contributed by atoms with van der Waals surface area (Å²) >= 11 is 7.61. The molecule has 0 spiro atoms. The molecule has 0 radical (unpaired) electrons. The highest BCUT2D eigenvalue weighted by molar-refractivity contribution is 7.97. The van der Waals surface area contributed by atoms with Crippen LogP contribution in [0.2, 0.25) is 5.02 Å². The smallest absolute Gasteiger partial charge is 0.147 e. The normalized spacial score (nSPS) is 10.6. The molecule has 0 unspecified atom stereocenters. The molecule has 0 aliphatic heterocycles. The molecule has 2 rings (SSSR count). The quantitative estimate of drug-likeness (QED) is 0.872. The predicted molar refractivity (Wildman–Crippen MR) is 74.7 cm³/mol. The minimum absolute atomic E-state index is 0.307. The Morgan fingerprint density at radius 3 is 2.78 bits per heavy atom. The maximum absolute atomic E-state index is 13.5. The lowest BCUT2D eigenvalue weighted by molar-refractivity contribution is 0.487. The minimum atomic E-state index is -0.363. The largest absolute Gasteiger partial charge is 0.463 e. The first-order chi connectivity index (χ1) is 8.70. The van der Waals surface area contributed by atoms with Crippen LogP contribution in [0.4, 0.5) is 10.1 Å². The molecular weight excluding hydrogens is 273 g/mol. The summed E-state index contributed by atoms with van der Waals surface area (Å²) in [6.07, 6.45) is 2.01. The van der Waals surface area contributed by atoms with Gasteiger partial charge in [-0.1, -0.05) is 17.7 Å². The third-order valence-electron chi connectivity index (χ3n) is 2.41. The fraction of sp³-hybridized carbons (Fsp3) is 0.231. The molecule has 2 aromatic rings. The molecule has 0 aliphatic rings. The van der Waals surface area contributed by atoms with Gasteiger partial charge < -0.3 is 9.73 Å². The first-order valence-electron chi connectivity index (χ1n) is 5.45. The lowest BCUT2D eigenvalue weighted by Gasteiger charge is -2.07. The second-order valence-electron chi connectivity index (χ2n) is 3.75. The molecule has 0 bridgehead atoms. The Morgan fingerprint density at radius 1 is 1.28 bits per heavy atom. The zero-order valence-corrected chi connectivity index (χ0v) is 11.4. The molecule has 1 aromatic carbocycles. The summed E-state index contributed by atoms with van der Waals surface area (Å²) in [5.74, 6) is 2.15. The van der Waals surface area contributed by atoms with Gasteiger partial charge in [0, 0.05) is 0 Å². The number of benzene rings is 1. The van der Waals surface area contributed by atoms with Crippen LogP contribution in [0.1, 0.15) is 11.5 Å². The molecule has 0 saturated heterocycles. The molecule has 0 atom stereocenters. The summed E-state index contributed by atoms with van der Waals surface area (Å²) in [4.78, 5) is 0. The Morgan fingerprint density at radius 2 is 2.06 bits per heavy atom. The standard InChI is InChI=1S/C13H13ClFNOS/c1-18-8-10-6-5-9(17-10)7-16-13-11(14)3-2-4-12(13)15/h2-6,16H,7-8H2,1H3. The van der Waals surface area contributed by atoms with E-state index in [-0.39, 0.29) is 5.82 Å².